The van der Waals surface area contributed by atoms with Crippen LogP contribution in [0.15, 0.2) is 29.3 Å². The molecule has 0 amide bonds. The summed E-state index contributed by atoms with van der Waals surface area (Å²) in [5.41, 5.74) is 1.57. The molecule has 1 aliphatic rings. The maximum atomic E-state index is 12.6. The summed E-state index contributed by atoms with van der Waals surface area (Å²) >= 11 is 0. The number of nitrogens with zero attached hydrogens (tertiary/aromatic N) is 6. The zero-order chi connectivity index (χ0) is 15.6. The van der Waals surface area contributed by atoms with Gasteiger partial charge in [0.1, 0.15) is 5.52 Å². The van der Waals surface area contributed by atoms with E-state index in [1.54, 1.807) is 21.3 Å². The minimum absolute atomic E-state index is 0.116. The van der Waals surface area contributed by atoms with Gasteiger partial charge in [0.25, 0.3) is 5.56 Å². The normalized spacial score (nSPS) is 16.3. The van der Waals surface area contributed by atoms with Gasteiger partial charge in [-0.3, -0.25) is 9.69 Å². The van der Waals surface area contributed by atoms with Crippen LogP contribution in [0.4, 0.5) is 0 Å². The summed E-state index contributed by atoms with van der Waals surface area (Å²) in [7, 11) is 0. The molecule has 0 unspecified atom stereocenters. The lowest BCUT2D eigenvalue weighted by atomic mass is 10.3. The molecule has 0 N–H and O–H groups in total. The van der Waals surface area contributed by atoms with Crippen molar-refractivity contribution in [1.82, 2.24) is 29.3 Å². The van der Waals surface area contributed by atoms with Crippen LogP contribution in [0.3, 0.4) is 0 Å². The van der Waals surface area contributed by atoms with Crippen LogP contribution in [0.2, 0.25) is 0 Å². The first-order valence-electron chi connectivity index (χ1n) is 7.82. The van der Waals surface area contributed by atoms with Crippen LogP contribution in [0, 0.1) is 0 Å². The highest BCUT2D eigenvalue weighted by Crippen LogP contribution is 2.08. The third-order valence-corrected chi connectivity index (χ3v) is 4.20. The minimum atomic E-state index is -0.116. The number of aromatic nitrogens is 5. The molecule has 1 fully saturated rings. The Morgan fingerprint density at radius 2 is 2.00 bits per heavy atom. The molecular weight excluding hydrogens is 296 g/mol. The van der Waals surface area contributed by atoms with Gasteiger partial charge < -0.3 is 9.30 Å². The molecular formula is C15H18N6O2. The fourth-order valence-electron chi connectivity index (χ4n) is 2.94. The smallest absolute Gasteiger partial charge is 0.280 e. The molecule has 1 saturated heterocycles. The molecule has 8 nitrogen and oxygen atoms in total. The summed E-state index contributed by atoms with van der Waals surface area (Å²) < 4.78 is 8.68. The Balaban J connectivity index is 1.54. The number of morpholine rings is 1. The van der Waals surface area contributed by atoms with Gasteiger partial charge in [-0.1, -0.05) is 0 Å². The van der Waals surface area contributed by atoms with Crippen LogP contribution in [-0.4, -0.2) is 62.1 Å². The second-order valence-corrected chi connectivity index (χ2v) is 5.66. The number of hydrogen-bond donors (Lipinski definition) is 0. The lowest BCUT2D eigenvalue weighted by Gasteiger charge is -2.26. The van der Waals surface area contributed by atoms with Crippen LogP contribution in [-0.2, 0) is 11.3 Å². The van der Waals surface area contributed by atoms with E-state index in [2.05, 4.69) is 20.2 Å². The highest BCUT2D eigenvalue weighted by atomic mass is 16.5. The van der Waals surface area contributed by atoms with Gasteiger partial charge in [0, 0.05) is 38.4 Å². The fourth-order valence-corrected chi connectivity index (χ4v) is 2.94. The molecule has 3 aromatic rings. The summed E-state index contributed by atoms with van der Waals surface area (Å²) in [6.07, 6.45) is 4.38. The summed E-state index contributed by atoms with van der Waals surface area (Å²) in [5, 5.41) is 12.3. The van der Waals surface area contributed by atoms with Crippen molar-refractivity contribution in [2.24, 2.45) is 0 Å². The fraction of sp³-hybridized carbons (Fsp3) is 0.467. The molecule has 0 atom stereocenters. The second-order valence-electron chi connectivity index (χ2n) is 5.66. The molecule has 0 aromatic carbocycles. The average molecular weight is 314 g/mol. The Morgan fingerprint density at radius 1 is 1.13 bits per heavy atom. The Morgan fingerprint density at radius 3 is 2.87 bits per heavy atom. The van der Waals surface area contributed by atoms with Gasteiger partial charge in [-0.2, -0.15) is 5.10 Å². The summed E-state index contributed by atoms with van der Waals surface area (Å²) in [4.78, 5) is 14.9. The van der Waals surface area contributed by atoms with E-state index in [4.69, 9.17) is 4.74 Å². The highest BCUT2D eigenvalue weighted by molar-refractivity contribution is 5.74. The van der Waals surface area contributed by atoms with Crippen molar-refractivity contribution in [2.75, 3.05) is 32.8 Å². The minimum Gasteiger partial charge on any atom is -0.379 e. The molecule has 4 rings (SSSR count). The summed E-state index contributed by atoms with van der Waals surface area (Å²) in [5.74, 6) is 0. The Hall–Kier alpha value is -2.32. The molecule has 8 heteroatoms. The van der Waals surface area contributed by atoms with Gasteiger partial charge in [-0.15, -0.1) is 10.2 Å². The third kappa shape index (κ3) is 2.71. The predicted octanol–water partition coefficient (Wildman–Crippen LogP) is 0.161. The number of ether oxygens (including phenoxy) is 1. The Bertz CT molecular complexity index is 880. The highest BCUT2D eigenvalue weighted by Gasteiger charge is 2.11. The molecule has 0 saturated carbocycles. The van der Waals surface area contributed by atoms with Gasteiger partial charge >= 0.3 is 0 Å². The standard InChI is InChI=1S/C15H18N6O2/c22-15-14-12(21-13(17-18-14)2-4-16-21)3-7-20(15)6-1-5-19-8-10-23-11-9-19/h2-4,7H,1,5-6,8-11H2. The number of hydrogen-bond acceptors (Lipinski definition) is 6. The number of fused-ring (bicyclic) bond motifs is 3. The number of pyridine rings is 1. The maximum absolute atomic E-state index is 12.6. The van der Waals surface area contributed by atoms with Crippen molar-refractivity contribution in [3.05, 3.63) is 34.9 Å². The largest absolute Gasteiger partial charge is 0.379 e. The van der Waals surface area contributed by atoms with Gasteiger partial charge in [0.05, 0.1) is 19.4 Å². The molecule has 23 heavy (non-hydrogen) atoms. The van der Waals surface area contributed by atoms with Crippen LogP contribution in [0.1, 0.15) is 6.42 Å². The van der Waals surface area contributed by atoms with Crippen LogP contribution in [0.25, 0.3) is 16.7 Å². The van der Waals surface area contributed by atoms with E-state index in [-0.39, 0.29) is 5.56 Å². The van der Waals surface area contributed by atoms with Crippen LogP contribution >= 0.6 is 0 Å². The van der Waals surface area contributed by atoms with Gasteiger partial charge in [0.2, 0.25) is 0 Å². The van der Waals surface area contributed by atoms with E-state index in [0.717, 1.165) is 39.3 Å². The first-order chi connectivity index (χ1) is 11.3. The Kier molecular flexibility index (Phi) is 3.76. The van der Waals surface area contributed by atoms with Crippen LogP contribution < -0.4 is 5.56 Å². The van der Waals surface area contributed by atoms with E-state index in [1.807, 2.05) is 12.3 Å². The second kappa shape index (κ2) is 6.05. The van der Waals surface area contributed by atoms with Gasteiger partial charge in [0.15, 0.2) is 11.2 Å². The molecule has 0 spiro atoms. The topological polar surface area (TPSA) is 77.6 Å². The first kappa shape index (κ1) is 14.3. The maximum Gasteiger partial charge on any atom is 0.280 e. The van der Waals surface area contributed by atoms with Gasteiger partial charge in [-0.25, -0.2) is 4.52 Å². The molecule has 3 aromatic heterocycles. The zero-order valence-corrected chi connectivity index (χ0v) is 12.8. The SMILES string of the molecule is O=c1c2nnc3ccnn3c2ccn1CCCN1CCOCC1. The van der Waals surface area contributed by atoms with Gasteiger partial charge in [-0.05, 0) is 12.5 Å². The monoisotopic (exact) mass is 314 g/mol. The molecule has 1 aliphatic heterocycles. The van der Waals surface area contributed by atoms with Crippen LogP contribution in [0.5, 0.6) is 0 Å². The van der Waals surface area contributed by atoms with Crippen molar-refractivity contribution in [1.29, 1.82) is 0 Å². The number of aryl methyl sites for hydroxylation is 1. The van der Waals surface area contributed by atoms with E-state index < -0.39 is 0 Å². The van der Waals surface area contributed by atoms with E-state index in [0.29, 0.717) is 23.2 Å². The molecule has 0 aliphatic carbocycles. The molecule has 120 valence electrons. The lowest BCUT2D eigenvalue weighted by molar-refractivity contribution is 0.0369. The van der Waals surface area contributed by atoms with Crippen molar-refractivity contribution in [3.63, 3.8) is 0 Å². The molecule has 0 radical (unpaired) electrons. The van der Waals surface area contributed by atoms with Crippen molar-refractivity contribution in [2.45, 2.75) is 13.0 Å². The van der Waals surface area contributed by atoms with Crippen molar-refractivity contribution < 1.29 is 4.74 Å². The Labute approximate surface area is 132 Å². The molecule has 0 bridgehead atoms. The van der Waals surface area contributed by atoms with Crippen molar-refractivity contribution >= 4 is 16.7 Å². The lowest BCUT2D eigenvalue weighted by Crippen LogP contribution is -2.37. The first-order valence-corrected chi connectivity index (χ1v) is 7.82. The van der Waals surface area contributed by atoms with E-state index >= 15 is 0 Å². The summed E-state index contributed by atoms with van der Waals surface area (Å²) in [6, 6.07) is 3.64. The van der Waals surface area contributed by atoms with E-state index in [1.165, 1.54) is 0 Å². The van der Waals surface area contributed by atoms with Crippen molar-refractivity contribution in [3.8, 4) is 0 Å². The predicted molar refractivity (Wildman–Crippen MR) is 84.4 cm³/mol. The average Bonchev–Trinajstić information content (AvgIpc) is 3.07. The quantitative estimate of drug-likeness (QED) is 0.683. The summed E-state index contributed by atoms with van der Waals surface area (Å²) in [6.45, 7) is 5.17. The van der Waals surface area contributed by atoms with E-state index in [9.17, 15) is 4.79 Å². The molecule has 4 heterocycles. The number of rotatable bonds is 4. The third-order valence-electron chi connectivity index (χ3n) is 4.20. The zero-order valence-electron chi connectivity index (χ0n) is 12.8.